The highest BCUT2D eigenvalue weighted by molar-refractivity contribution is 6.12. The Labute approximate surface area is 157 Å². The first kappa shape index (κ1) is 17.2. The number of nitrogens with zero attached hydrogens (tertiary/aromatic N) is 3. The first-order chi connectivity index (χ1) is 13.2. The largest absolute Gasteiger partial charge is 0.378 e. The number of ether oxygens (including phenoxy) is 1. The SMILES string of the molecule is N/C(=N\C1=NC(c2ccccc2)(c2ccccc2)C(=O)N1)N1CCOCC1. The summed E-state index contributed by atoms with van der Waals surface area (Å²) >= 11 is 0. The second-order valence-corrected chi connectivity index (χ2v) is 6.40. The van der Waals surface area contributed by atoms with Crippen LogP contribution in [0.4, 0.5) is 0 Å². The van der Waals surface area contributed by atoms with Gasteiger partial charge in [-0.25, -0.2) is 4.99 Å². The molecule has 0 radical (unpaired) electrons. The van der Waals surface area contributed by atoms with Crippen molar-refractivity contribution in [3.8, 4) is 0 Å². The lowest BCUT2D eigenvalue weighted by atomic mass is 9.83. The highest BCUT2D eigenvalue weighted by atomic mass is 16.5. The van der Waals surface area contributed by atoms with Gasteiger partial charge in [-0.2, -0.15) is 4.99 Å². The van der Waals surface area contributed by atoms with Crippen molar-refractivity contribution in [2.45, 2.75) is 5.54 Å². The fraction of sp³-hybridized carbons (Fsp3) is 0.250. The van der Waals surface area contributed by atoms with Gasteiger partial charge in [0, 0.05) is 13.1 Å². The molecule has 2 aliphatic rings. The zero-order chi connectivity index (χ0) is 18.7. The molecular formula is C20H21N5O2. The van der Waals surface area contributed by atoms with Crippen LogP contribution >= 0.6 is 0 Å². The van der Waals surface area contributed by atoms with Crippen molar-refractivity contribution in [2.75, 3.05) is 26.3 Å². The van der Waals surface area contributed by atoms with E-state index in [1.165, 1.54) is 0 Å². The van der Waals surface area contributed by atoms with E-state index in [1.54, 1.807) is 0 Å². The number of guanidine groups is 2. The fourth-order valence-corrected chi connectivity index (χ4v) is 3.37. The van der Waals surface area contributed by atoms with Crippen LogP contribution in [0.5, 0.6) is 0 Å². The number of carbonyl (C=O) groups is 1. The van der Waals surface area contributed by atoms with Gasteiger partial charge in [0.1, 0.15) is 0 Å². The minimum Gasteiger partial charge on any atom is -0.378 e. The summed E-state index contributed by atoms with van der Waals surface area (Å²) in [7, 11) is 0. The van der Waals surface area contributed by atoms with Gasteiger partial charge in [0.2, 0.25) is 5.96 Å². The summed E-state index contributed by atoms with van der Waals surface area (Å²) in [5.41, 5.74) is 6.52. The molecule has 2 aromatic rings. The molecule has 2 aromatic carbocycles. The Morgan fingerprint density at radius 3 is 2.15 bits per heavy atom. The molecule has 2 heterocycles. The molecule has 1 amide bonds. The molecule has 2 aliphatic heterocycles. The highest BCUT2D eigenvalue weighted by Crippen LogP contribution is 2.37. The first-order valence-electron chi connectivity index (χ1n) is 8.89. The monoisotopic (exact) mass is 363 g/mol. The van der Waals surface area contributed by atoms with Crippen LogP contribution in [-0.2, 0) is 15.1 Å². The van der Waals surface area contributed by atoms with E-state index in [4.69, 9.17) is 15.5 Å². The van der Waals surface area contributed by atoms with Crippen LogP contribution in [0.3, 0.4) is 0 Å². The second kappa shape index (κ2) is 7.20. The van der Waals surface area contributed by atoms with Crippen LogP contribution in [0.2, 0.25) is 0 Å². The molecule has 1 saturated heterocycles. The van der Waals surface area contributed by atoms with Gasteiger partial charge in [0.15, 0.2) is 11.5 Å². The predicted molar refractivity (Wildman–Crippen MR) is 103 cm³/mol. The Bertz CT molecular complexity index is 834. The van der Waals surface area contributed by atoms with E-state index in [0.717, 1.165) is 11.1 Å². The molecule has 4 rings (SSSR count). The molecule has 0 unspecified atom stereocenters. The Kier molecular flexibility index (Phi) is 4.60. The molecule has 0 aliphatic carbocycles. The molecule has 3 N–H and O–H groups in total. The normalized spacial score (nSPS) is 19.6. The molecule has 0 spiro atoms. The van der Waals surface area contributed by atoms with Gasteiger partial charge in [0.25, 0.3) is 5.91 Å². The van der Waals surface area contributed by atoms with Crippen LogP contribution in [0, 0.1) is 0 Å². The number of benzene rings is 2. The molecular weight excluding hydrogens is 342 g/mol. The maximum absolute atomic E-state index is 13.1. The fourth-order valence-electron chi connectivity index (χ4n) is 3.37. The van der Waals surface area contributed by atoms with Crippen molar-refractivity contribution in [1.29, 1.82) is 0 Å². The first-order valence-corrected chi connectivity index (χ1v) is 8.89. The zero-order valence-corrected chi connectivity index (χ0v) is 14.8. The molecule has 7 heteroatoms. The Morgan fingerprint density at radius 1 is 1.04 bits per heavy atom. The third kappa shape index (κ3) is 3.17. The average Bonchev–Trinajstić information content (AvgIpc) is 3.06. The summed E-state index contributed by atoms with van der Waals surface area (Å²) in [6, 6.07) is 19.0. The maximum atomic E-state index is 13.1. The van der Waals surface area contributed by atoms with Crippen LogP contribution in [0.25, 0.3) is 0 Å². The summed E-state index contributed by atoms with van der Waals surface area (Å²) in [5, 5.41) is 2.80. The van der Waals surface area contributed by atoms with E-state index >= 15 is 0 Å². The minimum atomic E-state index is -1.17. The summed E-state index contributed by atoms with van der Waals surface area (Å²) in [6.45, 7) is 2.54. The third-order valence-corrected chi connectivity index (χ3v) is 4.77. The van der Waals surface area contributed by atoms with E-state index in [-0.39, 0.29) is 11.9 Å². The Hall–Kier alpha value is -3.19. The van der Waals surface area contributed by atoms with E-state index in [1.807, 2.05) is 65.6 Å². The Balaban J connectivity index is 1.76. The van der Waals surface area contributed by atoms with Crippen molar-refractivity contribution in [1.82, 2.24) is 10.2 Å². The lowest BCUT2D eigenvalue weighted by Crippen LogP contribution is -2.45. The number of nitrogens with one attached hydrogen (secondary N) is 1. The van der Waals surface area contributed by atoms with Gasteiger partial charge in [-0.3, -0.25) is 10.1 Å². The smallest absolute Gasteiger partial charge is 0.264 e. The van der Waals surface area contributed by atoms with E-state index in [2.05, 4.69) is 10.3 Å². The number of amides is 1. The predicted octanol–water partition coefficient (Wildman–Crippen LogP) is 1.06. The molecule has 0 aromatic heterocycles. The van der Waals surface area contributed by atoms with Crippen molar-refractivity contribution in [3.63, 3.8) is 0 Å². The summed E-state index contributed by atoms with van der Waals surface area (Å²) < 4.78 is 5.33. The lowest BCUT2D eigenvalue weighted by molar-refractivity contribution is -0.122. The number of hydrogen-bond donors (Lipinski definition) is 2. The minimum absolute atomic E-state index is 0.219. The standard InChI is InChI=1S/C20H21N5O2/c21-18(25-11-13-27-14-12-25)23-19-22-17(26)20(24-19,15-7-3-1-4-8-15)16-9-5-2-6-10-16/h1-10H,11-14H2,(H3,21,22,23,24,26). The Morgan fingerprint density at radius 2 is 1.59 bits per heavy atom. The van der Waals surface area contributed by atoms with Crippen LogP contribution in [0.1, 0.15) is 11.1 Å². The van der Waals surface area contributed by atoms with E-state index < -0.39 is 5.54 Å². The van der Waals surface area contributed by atoms with Gasteiger partial charge in [-0.1, -0.05) is 60.7 Å². The molecule has 138 valence electrons. The van der Waals surface area contributed by atoms with Crippen LogP contribution in [-0.4, -0.2) is 49.0 Å². The number of carbonyl (C=O) groups excluding carboxylic acids is 1. The van der Waals surface area contributed by atoms with Gasteiger partial charge in [-0.15, -0.1) is 0 Å². The third-order valence-electron chi connectivity index (χ3n) is 4.77. The molecule has 0 bridgehead atoms. The van der Waals surface area contributed by atoms with E-state index in [9.17, 15) is 4.79 Å². The summed E-state index contributed by atoms with van der Waals surface area (Å²) in [5.74, 6) is 0.305. The molecule has 7 nitrogen and oxygen atoms in total. The van der Waals surface area contributed by atoms with Crippen molar-refractivity contribution in [3.05, 3.63) is 71.8 Å². The maximum Gasteiger partial charge on any atom is 0.264 e. The number of hydrogen-bond acceptors (Lipinski definition) is 4. The molecule has 27 heavy (non-hydrogen) atoms. The van der Waals surface area contributed by atoms with Crippen molar-refractivity contribution in [2.24, 2.45) is 15.7 Å². The van der Waals surface area contributed by atoms with Gasteiger partial charge in [0.05, 0.1) is 13.2 Å². The topological polar surface area (TPSA) is 92.3 Å². The van der Waals surface area contributed by atoms with Crippen molar-refractivity contribution < 1.29 is 9.53 Å². The number of morpholine rings is 1. The van der Waals surface area contributed by atoms with E-state index in [0.29, 0.717) is 32.3 Å². The lowest BCUT2D eigenvalue weighted by Gasteiger charge is -2.27. The molecule has 1 fully saturated rings. The summed E-state index contributed by atoms with van der Waals surface area (Å²) in [6.07, 6.45) is 0. The van der Waals surface area contributed by atoms with Crippen molar-refractivity contribution >= 4 is 17.8 Å². The molecule has 0 atom stereocenters. The highest BCUT2D eigenvalue weighted by Gasteiger charge is 2.47. The average molecular weight is 363 g/mol. The van der Waals surface area contributed by atoms with Gasteiger partial charge < -0.3 is 15.4 Å². The quantitative estimate of drug-likeness (QED) is 0.616. The summed E-state index contributed by atoms with van der Waals surface area (Å²) in [4.78, 5) is 24.1. The molecule has 0 saturated carbocycles. The van der Waals surface area contributed by atoms with Crippen LogP contribution < -0.4 is 11.1 Å². The van der Waals surface area contributed by atoms with Crippen LogP contribution in [0.15, 0.2) is 70.6 Å². The number of rotatable bonds is 2. The zero-order valence-electron chi connectivity index (χ0n) is 14.8. The number of nitrogens with two attached hydrogens (primary N) is 1. The van der Waals surface area contributed by atoms with Gasteiger partial charge >= 0.3 is 0 Å². The number of aliphatic imine (C=N–C) groups is 2. The van der Waals surface area contributed by atoms with Gasteiger partial charge in [-0.05, 0) is 11.1 Å². The second-order valence-electron chi connectivity index (χ2n) is 6.40.